The Morgan fingerprint density at radius 1 is 1.29 bits per heavy atom. The Morgan fingerprint density at radius 2 is 2.06 bits per heavy atom. The van der Waals surface area contributed by atoms with E-state index in [1.807, 2.05) is 4.90 Å². The fraction of sp³-hybridized carbons (Fsp3) is 1.00. The normalized spacial score (nSPS) is 42.7. The molecule has 0 bridgehead atoms. The molecule has 0 aromatic carbocycles. The predicted octanol–water partition coefficient (Wildman–Crippen LogP) is -2.24. The molecular formula is C11H22N2O4. The number of aliphatic hydroxyl groups is 3. The monoisotopic (exact) mass is 246 g/mol. The lowest BCUT2D eigenvalue weighted by atomic mass is 9.91. The SMILES string of the molecule is COCCNC1CN2CCC(O)C2C(O)C1O. The first-order valence-electron chi connectivity index (χ1n) is 6.15. The highest BCUT2D eigenvalue weighted by Crippen LogP contribution is 2.28. The number of methoxy groups -OCH3 is 1. The number of nitrogens with one attached hydrogen (secondary N) is 1. The van der Waals surface area contributed by atoms with Crippen molar-refractivity contribution in [3.05, 3.63) is 0 Å². The van der Waals surface area contributed by atoms with Crippen LogP contribution in [-0.4, -0.2) is 84.0 Å². The van der Waals surface area contributed by atoms with E-state index in [2.05, 4.69) is 5.32 Å². The van der Waals surface area contributed by atoms with Crippen LogP contribution in [0.15, 0.2) is 0 Å². The smallest absolute Gasteiger partial charge is 0.0994 e. The largest absolute Gasteiger partial charge is 0.391 e. The zero-order chi connectivity index (χ0) is 12.4. The maximum atomic E-state index is 10.0. The van der Waals surface area contributed by atoms with E-state index < -0.39 is 18.3 Å². The van der Waals surface area contributed by atoms with Crippen molar-refractivity contribution in [2.24, 2.45) is 0 Å². The summed E-state index contributed by atoms with van der Waals surface area (Å²) >= 11 is 0. The van der Waals surface area contributed by atoms with Crippen LogP contribution in [0.3, 0.4) is 0 Å². The van der Waals surface area contributed by atoms with E-state index in [-0.39, 0.29) is 12.1 Å². The van der Waals surface area contributed by atoms with Crippen LogP contribution in [0.4, 0.5) is 0 Å². The summed E-state index contributed by atoms with van der Waals surface area (Å²) in [4.78, 5) is 2.05. The number of hydrogen-bond acceptors (Lipinski definition) is 6. The molecule has 0 amide bonds. The van der Waals surface area contributed by atoms with E-state index in [1.54, 1.807) is 7.11 Å². The molecule has 0 radical (unpaired) electrons. The molecule has 6 nitrogen and oxygen atoms in total. The summed E-state index contributed by atoms with van der Waals surface area (Å²) in [7, 11) is 1.63. The fourth-order valence-corrected chi connectivity index (χ4v) is 2.85. The lowest BCUT2D eigenvalue weighted by Crippen LogP contribution is -2.65. The van der Waals surface area contributed by atoms with Crippen molar-refractivity contribution in [3.63, 3.8) is 0 Å². The van der Waals surface area contributed by atoms with Gasteiger partial charge in [-0.1, -0.05) is 0 Å². The van der Waals surface area contributed by atoms with Crippen molar-refractivity contribution in [1.29, 1.82) is 0 Å². The highest BCUT2D eigenvalue weighted by molar-refractivity contribution is 5.03. The summed E-state index contributed by atoms with van der Waals surface area (Å²) in [6.07, 6.45) is -1.58. The van der Waals surface area contributed by atoms with Crippen LogP contribution in [-0.2, 0) is 4.74 Å². The number of hydrogen-bond donors (Lipinski definition) is 4. The van der Waals surface area contributed by atoms with Crippen molar-refractivity contribution in [2.75, 3.05) is 33.4 Å². The van der Waals surface area contributed by atoms with Crippen molar-refractivity contribution in [1.82, 2.24) is 10.2 Å². The van der Waals surface area contributed by atoms with Gasteiger partial charge in [-0.05, 0) is 6.42 Å². The lowest BCUT2D eigenvalue weighted by molar-refractivity contribution is -0.102. The van der Waals surface area contributed by atoms with Crippen LogP contribution >= 0.6 is 0 Å². The number of nitrogens with zero attached hydrogens (tertiary/aromatic N) is 1. The summed E-state index contributed by atoms with van der Waals surface area (Å²) in [5.74, 6) is 0. The highest BCUT2D eigenvalue weighted by Gasteiger charge is 2.47. The van der Waals surface area contributed by atoms with Gasteiger partial charge in [-0.2, -0.15) is 0 Å². The molecule has 5 unspecified atom stereocenters. The second kappa shape index (κ2) is 5.60. The Morgan fingerprint density at radius 3 is 2.76 bits per heavy atom. The number of rotatable bonds is 4. The highest BCUT2D eigenvalue weighted by atomic mass is 16.5. The summed E-state index contributed by atoms with van der Waals surface area (Å²) < 4.78 is 4.94. The molecular weight excluding hydrogens is 224 g/mol. The maximum absolute atomic E-state index is 10.0. The van der Waals surface area contributed by atoms with Gasteiger partial charge in [0, 0.05) is 32.8 Å². The van der Waals surface area contributed by atoms with Crippen LogP contribution in [0.1, 0.15) is 6.42 Å². The Hall–Kier alpha value is -0.240. The fourth-order valence-electron chi connectivity index (χ4n) is 2.85. The van der Waals surface area contributed by atoms with Crippen LogP contribution in [0, 0.1) is 0 Å². The van der Waals surface area contributed by atoms with E-state index in [9.17, 15) is 15.3 Å². The molecule has 100 valence electrons. The van der Waals surface area contributed by atoms with Gasteiger partial charge in [-0.3, -0.25) is 4.90 Å². The molecule has 0 aromatic rings. The quantitative estimate of drug-likeness (QED) is 0.420. The van der Waals surface area contributed by atoms with Gasteiger partial charge in [0.1, 0.15) is 0 Å². The Balaban J connectivity index is 1.93. The van der Waals surface area contributed by atoms with Gasteiger partial charge in [0.2, 0.25) is 0 Å². The van der Waals surface area contributed by atoms with E-state index in [1.165, 1.54) is 0 Å². The third-order valence-electron chi connectivity index (χ3n) is 3.78. The van der Waals surface area contributed by atoms with Gasteiger partial charge in [0.05, 0.1) is 31.0 Å². The standard InChI is InChI=1S/C11H22N2O4/c1-17-5-3-12-7-6-13-4-2-8(14)9(13)11(16)10(7)15/h7-12,14-16H,2-6H2,1H3. The van der Waals surface area contributed by atoms with Crippen LogP contribution in [0.5, 0.6) is 0 Å². The molecule has 2 fully saturated rings. The van der Waals surface area contributed by atoms with Gasteiger partial charge in [-0.15, -0.1) is 0 Å². The molecule has 0 aromatic heterocycles. The minimum Gasteiger partial charge on any atom is -0.391 e. The molecule has 17 heavy (non-hydrogen) atoms. The van der Waals surface area contributed by atoms with E-state index >= 15 is 0 Å². The first-order valence-corrected chi connectivity index (χ1v) is 6.15. The number of aliphatic hydroxyl groups excluding tert-OH is 3. The van der Waals surface area contributed by atoms with Crippen LogP contribution < -0.4 is 5.32 Å². The molecule has 6 heteroatoms. The first kappa shape index (κ1) is 13.2. The molecule has 2 rings (SSSR count). The average molecular weight is 246 g/mol. The van der Waals surface area contributed by atoms with Gasteiger partial charge >= 0.3 is 0 Å². The minimum atomic E-state index is -0.888. The van der Waals surface area contributed by atoms with Crippen molar-refractivity contribution < 1.29 is 20.1 Å². The molecule has 2 aliphatic rings. The molecule has 2 saturated heterocycles. The van der Waals surface area contributed by atoms with E-state index in [0.29, 0.717) is 26.1 Å². The second-order valence-electron chi connectivity index (χ2n) is 4.88. The summed E-state index contributed by atoms with van der Waals surface area (Å²) in [5, 5.41) is 33.0. The Kier molecular flexibility index (Phi) is 4.35. The number of ether oxygens (including phenoxy) is 1. The summed E-state index contributed by atoms with van der Waals surface area (Å²) in [6.45, 7) is 2.65. The van der Waals surface area contributed by atoms with Gasteiger partial charge in [0.25, 0.3) is 0 Å². The zero-order valence-corrected chi connectivity index (χ0v) is 10.1. The zero-order valence-electron chi connectivity index (χ0n) is 10.1. The Labute approximate surface area is 101 Å². The maximum Gasteiger partial charge on any atom is 0.0994 e. The van der Waals surface area contributed by atoms with Crippen LogP contribution in [0.25, 0.3) is 0 Å². The second-order valence-corrected chi connectivity index (χ2v) is 4.88. The van der Waals surface area contributed by atoms with Crippen molar-refractivity contribution >= 4 is 0 Å². The molecule has 2 aliphatic heterocycles. The molecule has 0 aliphatic carbocycles. The number of piperidine rings is 1. The lowest BCUT2D eigenvalue weighted by Gasteiger charge is -2.43. The van der Waals surface area contributed by atoms with E-state index in [4.69, 9.17) is 4.74 Å². The van der Waals surface area contributed by atoms with Gasteiger partial charge in [-0.25, -0.2) is 0 Å². The average Bonchev–Trinajstić information content (AvgIpc) is 2.67. The topological polar surface area (TPSA) is 85.2 Å². The van der Waals surface area contributed by atoms with Gasteiger partial charge < -0.3 is 25.4 Å². The van der Waals surface area contributed by atoms with Crippen LogP contribution in [0.2, 0.25) is 0 Å². The number of fused-ring (bicyclic) bond motifs is 1. The third-order valence-corrected chi connectivity index (χ3v) is 3.78. The first-order chi connectivity index (χ1) is 8.15. The van der Waals surface area contributed by atoms with E-state index in [0.717, 1.165) is 6.54 Å². The summed E-state index contributed by atoms with van der Waals surface area (Å²) in [6, 6.07) is -0.479. The van der Waals surface area contributed by atoms with Crippen molar-refractivity contribution in [2.45, 2.75) is 36.8 Å². The molecule has 0 saturated carbocycles. The molecule has 4 N–H and O–H groups in total. The third kappa shape index (κ3) is 2.62. The predicted molar refractivity (Wildman–Crippen MR) is 61.7 cm³/mol. The molecule has 5 atom stereocenters. The molecule has 2 heterocycles. The van der Waals surface area contributed by atoms with Crippen molar-refractivity contribution in [3.8, 4) is 0 Å². The summed E-state index contributed by atoms with van der Waals surface area (Å²) in [5.41, 5.74) is 0. The molecule has 0 spiro atoms. The minimum absolute atomic E-state index is 0.165. The Bertz CT molecular complexity index is 254. The van der Waals surface area contributed by atoms with Gasteiger partial charge in [0.15, 0.2) is 0 Å².